The van der Waals surface area contributed by atoms with Crippen LogP contribution in [-0.4, -0.2) is 30.7 Å². The van der Waals surface area contributed by atoms with Gasteiger partial charge >= 0.3 is 0 Å². The predicted octanol–water partition coefficient (Wildman–Crippen LogP) is 4.10. The van der Waals surface area contributed by atoms with E-state index in [-0.39, 0.29) is 11.9 Å². The van der Waals surface area contributed by atoms with Crippen LogP contribution in [0.4, 0.5) is 5.69 Å². The maximum Gasteiger partial charge on any atom is 0.238 e. The summed E-state index contributed by atoms with van der Waals surface area (Å²) in [7, 11) is 1.97. The molecule has 1 unspecified atom stereocenters. The molecule has 1 aromatic heterocycles. The highest BCUT2D eigenvalue weighted by molar-refractivity contribution is 7.98. The topological polar surface area (TPSA) is 32.3 Å². The Morgan fingerprint density at radius 3 is 2.62 bits per heavy atom. The first-order valence-electron chi connectivity index (χ1n) is 6.77. The molecular formula is C16H20N2OS2. The van der Waals surface area contributed by atoms with Gasteiger partial charge in [0.05, 0.1) is 6.54 Å². The van der Waals surface area contributed by atoms with Gasteiger partial charge < -0.3 is 5.32 Å². The van der Waals surface area contributed by atoms with E-state index in [0.717, 1.165) is 5.69 Å². The summed E-state index contributed by atoms with van der Waals surface area (Å²) in [5.41, 5.74) is 0.843. The molecule has 5 heteroatoms. The number of carbonyl (C=O) groups excluding carboxylic acids is 1. The molecule has 0 aliphatic heterocycles. The molecule has 0 fully saturated rings. The summed E-state index contributed by atoms with van der Waals surface area (Å²) in [5.74, 6) is 0.0119. The molecule has 1 atom stereocenters. The molecule has 3 nitrogen and oxygen atoms in total. The second-order valence-electron chi connectivity index (χ2n) is 4.88. The predicted molar refractivity (Wildman–Crippen MR) is 92.2 cm³/mol. The van der Waals surface area contributed by atoms with Gasteiger partial charge in [-0.05, 0) is 55.9 Å². The summed E-state index contributed by atoms with van der Waals surface area (Å²) in [6.45, 7) is 2.50. The largest absolute Gasteiger partial charge is 0.325 e. The second-order valence-corrected chi connectivity index (χ2v) is 6.74. The lowest BCUT2D eigenvalue weighted by molar-refractivity contribution is -0.117. The van der Waals surface area contributed by atoms with Gasteiger partial charge in [-0.15, -0.1) is 23.1 Å². The van der Waals surface area contributed by atoms with E-state index in [0.29, 0.717) is 6.54 Å². The number of carbonyl (C=O) groups is 1. The van der Waals surface area contributed by atoms with Crippen molar-refractivity contribution in [2.24, 2.45) is 0 Å². The Kier molecular flexibility index (Phi) is 5.85. The Balaban J connectivity index is 1.88. The zero-order chi connectivity index (χ0) is 15.2. The number of thiophene rings is 1. The molecule has 1 amide bonds. The van der Waals surface area contributed by atoms with Gasteiger partial charge in [0.1, 0.15) is 0 Å². The molecule has 0 radical (unpaired) electrons. The minimum Gasteiger partial charge on any atom is -0.325 e. The number of hydrogen-bond donors (Lipinski definition) is 1. The minimum absolute atomic E-state index is 0.0119. The average Bonchev–Trinajstić information content (AvgIpc) is 3.01. The number of likely N-dealkylation sites (N-methyl/N-ethyl adjacent to an activating group) is 1. The number of hydrogen-bond acceptors (Lipinski definition) is 4. The molecule has 0 spiro atoms. The van der Waals surface area contributed by atoms with Gasteiger partial charge in [-0.2, -0.15) is 0 Å². The Morgan fingerprint density at radius 2 is 2.05 bits per heavy atom. The fourth-order valence-electron chi connectivity index (χ4n) is 1.98. The Hall–Kier alpha value is -1.30. The molecule has 0 aliphatic carbocycles. The van der Waals surface area contributed by atoms with Crippen molar-refractivity contribution in [2.45, 2.75) is 17.9 Å². The number of thioether (sulfide) groups is 1. The third-order valence-electron chi connectivity index (χ3n) is 3.38. The van der Waals surface area contributed by atoms with Crippen LogP contribution in [-0.2, 0) is 4.79 Å². The smallest absolute Gasteiger partial charge is 0.238 e. The summed E-state index contributed by atoms with van der Waals surface area (Å²) in [6, 6.07) is 12.3. The van der Waals surface area contributed by atoms with E-state index in [4.69, 9.17) is 0 Å². The molecule has 1 N–H and O–H groups in total. The number of nitrogens with zero attached hydrogens (tertiary/aromatic N) is 1. The number of rotatable bonds is 6. The van der Waals surface area contributed by atoms with Crippen molar-refractivity contribution in [3.8, 4) is 0 Å². The van der Waals surface area contributed by atoms with Gasteiger partial charge in [-0.1, -0.05) is 6.07 Å². The van der Waals surface area contributed by atoms with Crippen molar-refractivity contribution in [3.63, 3.8) is 0 Å². The molecule has 0 aliphatic rings. The Bertz CT molecular complexity index is 566. The first kappa shape index (κ1) is 16.1. The van der Waals surface area contributed by atoms with Crippen molar-refractivity contribution in [1.82, 2.24) is 4.90 Å². The van der Waals surface area contributed by atoms with Gasteiger partial charge in [0, 0.05) is 21.5 Å². The molecule has 0 bridgehead atoms. The maximum absolute atomic E-state index is 12.1. The van der Waals surface area contributed by atoms with E-state index in [2.05, 4.69) is 28.6 Å². The third kappa shape index (κ3) is 4.59. The van der Waals surface area contributed by atoms with E-state index in [1.165, 1.54) is 9.77 Å². The zero-order valence-corrected chi connectivity index (χ0v) is 14.1. The van der Waals surface area contributed by atoms with E-state index in [9.17, 15) is 4.79 Å². The van der Waals surface area contributed by atoms with Gasteiger partial charge in [-0.3, -0.25) is 9.69 Å². The highest BCUT2D eigenvalue weighted by atomic mass is 32.2. The fourth-order valence-corrected chi connectivity index (χ4v) is 3.24. The summed E-state index contributed by atoms with van der Waals surface area (Å²) in [4.78, 5) is 16.6. The number of amides is 1. The van der Waals surface area contributed by atoms with Gasteiger partial charge in [-0.25, -0.2) is 0 Å². The van der Waals surface area contributed by atoms with Crippen LogP contribution in [0.2, 0.25) is 0 Å². The quantitative estimate of drug-likeness (QED) is 0.813. The number of nitrogens with one attached hydrogen (secondary N) is 1. The molecular weight excluding hydrogens is 300 g/mol. The highest BCUT2D eigenvalue weighted by Crippen LogP contribution is 2.23. The van der Waals surface area contributed by atoms with Crippen LogP contribution >= 0.6 is 23.1 Å². The molecule has 21 heavy (non-hydrogen) atoms. The molecule has 1 heterocycles. The first-order chi connectivity index (χ1) is 10.1. The van der Waals surface area contributed by atoms with Crippen LogP contribution in [0.1, 0.15) is 17.8 Å². The van der Waals surface area contributed by atoms with Crippen LogP contribution < -0.4 is 5.32 Å². The summed E-state index contributed by atoms with van der Waals surface area (Å²) >= 11 is 3.41. The van der Waals surface area contributed by atoms with Crippen molar-refractivity contribution >= 4 is 34.7 Å². The zero-order valence-electron chi connectivity index (χ0n) is 12.5. The molecule has 112 valence electrons. The number of anilines is 1. The van der Waals surface area contributed by atoms with E-state index in [1.807, 2.05) is 43.6 Å². The molecule has 2 aromatic rings. The van der Waals surface area contributed by atoms with Gasteiger partial charge in [0.2, 0.25) is 5.91 Å². The lowest BCUT2D eigenvalue weighted by Gasteiger charge is -2.23. The standard InChI is InChI=1S/C16H20N2OS2/c1-12(15-5-4-10-21-15)18(2)11-16(19)17-13-6-8-14(20-3)9-7-13/h4-10,12H,11H2,1-3H3,(H,17,19). The van der Waals surface area contributed by atoms with E-state index < -0.39 is 0 Å². The Morgan fingerprint density at radius 1 is 1.33 bits per heavy atom. The molecule has 0 saturated heterocycles. The van der Waals surface area contributed by atoms with Crippen LogP contribution in [0, 0.1) is 0 Å². The second kappa shape index (κ2) is 7.64. The minimum atomic E-state index is 0.0119. The van der Waals surface area contributed by atoms with Crippen LogP contribution in [0.15, 0.2) is 46.7 Å². The van der Waals surface area contributed by atoms with Crippen molar-refractivity contribution in [2.75, 3.05) is 25.2 Å². The monoisotopic (exact) mass is 320 g/mol. The highest BCUT2D eigenvalue weighted by Gasteiger charge is 2.15. The van der Waals surface area contributed by atoms with Gasteiger partial charge in [0.25, 0.3) is 0 Å². The summed E-state index contributed by atoms with van der Waals surface area (Å²) < 4.78 is 0. The summed E-state index contributed by atoms with van der Waals surface area (Å²) in [6.07, 6.45) is 2.04. The average molecular weight is 320 g/mol. The Labute approximate surface area is 134 Å². The maximum atomic E-state index is 12.1. The molecule has 1 aromatic carbocycles. The molecule has 2 rings (SSSR count). The van der Waals surface area contributed by atoms with Gasteiger partial charge in [0.15, 0.2) is 0 Å². The lowest BCUT2D eigenvalue weighted by atomic mass is 10.2. The molecule has 0 saturated carbocycles. The third-order valence-corrected chi connectivity index (χ3v) is 5.17. The SMILES string of the molecule is CSc1ccc(NC(=O)CN(C)C(C)c2cccs2)cc1. The number of benzene rings is 1. The summed E-state index contributed by atoms with van der Waals surface area (Å²) in [5, 5.41) is 5.00. The van der Waals surface area contributed by atoms with Crippen molar-refractivity contribution in [1.29, 1.82) is 0 Å². The lowest BCUT2D eigenvalue weighted by Crippen LogP contribution is -2.31. The van der Waals surface area contributed by atoms with Crippen LogP contribution in [0.25, 0.3) is 0 Å². The van der Waals surface area contributed by atoms with E-state index in [1.54, 1.807) is 23.1 Å². The first-order valence-corrected chi connectivity index (χ1v) is 8.88. The van der Waals surface area contributed by atoms with Crippen LogP contribution in [0.3, 0.4) is 0 Å². The van der Waals surface area contributed by atoms with E-state index >= 15 is 0 Å². The van der Waals surface area contributed by atoms with Crippen LogP contribution in [0.5, 0.6) is 0 Å². The van der Waals surface area contributed by atoms with Crippen molar-refractivity contribution in [3.05, 3.63) is 46.7 Å². The fraction of sp³-hybridized carbons (Fsp3) is 0.312. The normalized spacial score (nSPS) is 12.4. The van der Waals surface area contributed by atoms with Crippen molar-refractivity contribution < 1.29 is 4.79 Å².